The second-order valence-electron chi connectivity index (χ2n) is 6.25. The predicted octanol–water partition coefficient (Wildman–Crippen LogP) is 1.52. The van der Waals surface area contributed by atoms with Crippen LogP contribution in [0.1, 0.15) is 54.5 Å². The van der Waals surface area contributed by atoms with Gasteiger partial charge >= 0.3 is 5.97 Å². The molecule has 1 amide bonds. The molecule has 0 saturated carbocycles. The highest BCUT2D eigenvalue weighted by molar-refractivity contribution is 5.95. The van der Waals surface area contributed by atoms with Gasteiger partial charge < -0.3 is 15.2 Å². The van der Waals surface area contributed by atoms with Crippen molar-refractivity contribution in [1.82, 2.24) is 15.3 Å². The molecule has 2 heterocycles. The Hall–Kier alpha value is -2.02. The van der Waals surface area contributed by atoms with Crippen LogP contribution in [-0.2, 0) is 9.53 Å². The van der Waals surface area contributed by atoms with E-state index < -0.39 is 11.4 Å². The number of rotatable bonds is 5. The number of ether oxygens (including phenoxy) is 1. The van der Waals surface area contributed by atoms with Crippen LogP contribution in [0.4, 0.5) is 0 Å². The molecule has 0 spiro atoms. The van der Waals surface area contributed by atoms with Crippen molar-refractivity contribution in [2.75, 3.05) is 19.8 Å². The lowest BCUT2D eigenvalue weighted by molar-refractivity contribution is -0.154. The molecule has 1 saturated heterocycles. The van der Waals surface area contributed by atoms with Crippen molar-refractivity contribution < 1.29 is 19.4 Å². The summed E-state index contributed by atoms with van der Waals surface area (Å²) >= 11 is 0. The van der Waals surface area contributed by atoms with Crippen LogP contribution >= 0.6 is 0 Å². The average molecular weight is 321 g/mol. The standard InChI is InChI=1S/C16H23N3O4/c1-10(2)13-12(8-17-11(3)19-13)14(20)18-9-16(15(21)22)4-6-23-7-5-16/h8,10H,4-7,9H2,1-3H3,(H,18,20)(H,21,22). The lowest BCUT2D eigenvalue weighted by Gasteiger charge is -2.33. The van der Waals surface area contributed by atoms with E-state index in [1.807, 2.05) is 13.8 Å². The van der Waals surface area contributed by atoms with E-state index in [2.05, 4.69) is 15.3 Å². The first kappa shape index (κ1) is 17.3. The Morgan fingerprint density at radius 2 is 2.04 bits per heavy atom. The van der Waals surface area contributed by atoms with Gasteiger partial charge in [-0.3, -0.25) is 9.59 Å². The number of hydrogen-bond donors (Lipinski definition) is 2. The van der Waals surface area contributed by atoms with E-state index in [1.54, 1.807) is 6.92 Å². The monoisotopic (exact) mass is 321 g/mol. The molecule has 1 fully saturated rings. The van der Waals surface area contributed by atoms with Crippen molar-refractivity contribution in [3.8, 4) is 0 Å². The summed E-state index contributed by atoms with van der Waals surface area (Å²) < 4.78 is 5.23. The second-order valence-corrected chi connectivity index (χ2v) is 6.25. The summed E-state index contributed by atoms with van der Waals surface area (Å²) in [4.78, 5) is 32.5. The van der Waals surface area contributed by atoms with E-state index in [0.717, 1.165) is 0 Å². The zero-order chi connectivity index (χ0) is 17.0. The van der Waals surface area contributed by atoms with E-state index in [1.165, 1.54) is 6.20 Å². The molecule has 0 unspecified atom stereocenters. The lowest BCUT2D eigenvalue weighted by atomic mass is 9.80. The number of aromatic nitrogens is 2. The van der Waals surface area contributed by atoms with Gasteiger partial charge in [0.05, 0.1) is 16.7 Å². The molecule has 1 aromatic heterocycles. The van der Waals surface area contributed by atoms with Gasteiger partial charge in [0.25, 0.3) is 5.91 Å². The smallest absolute Gasteiger partial charge is 0.311 e. The molecule has 126 valence electrons. The normalized spacial score (nSPS) is 17.0. The number of aliphatic carboxylic acids is 1. The van der Waals surface area contributed by atoms with E-state index in [9.17, 15) is 14.7 Å². The molecular weight excluding hydrogens is 298 g/mol. The molecule has 1 aliphatic heterocycles. The van der Waals surface area contributed by atoms with Crippen molar-refractivity contribution in [2.24, 2.45) is 5.41 Å². The van der Waals surface area contributed by atoms with E-state index in [0.29, 0.717) is 43.1 Å². The number of nitrogens with zero attached hydrogens (tertiary/aromatic N) is 2. The Kier molecular flexibility index (Phi) is 5.30. The molecular formula is C16H23N3O4. The fourth-order valence-electron chi connectivity index (χ4n) is 2.68. The van der Waals surface area contributed by atoms with Gasteiger partial charge in [0.1, 0.15) is 5.82 Å². The van der Waals surface area contributed by atoms with Gasteiger partial charge in [-0.05, 0) is 25.7 Å². The molecule has 0 atom stereocenters. The van der Waals surface area contributed by atoms with Gasteiger partial charge in [-0.2, -0.15) is 0 Å². The minimum atomic E-state index is -0.961. The van der Waals surface area contributed by atoms with Crippen LogP contribution in [0.25, 0.3) is 0 Å². The van der Waals surface area contributed by atoms with Crippen LogP contribution in [0.2, 0.25) is 0 Å². The van der Waals surface area contributed by atoms with Crippen LogP contribution in [0.5, 0.6) is 0 Å². The molecule has 23 heavy (non-hydrogen) atoms. The number of amides is 1. The first-order valence-electron chi connectivity index (χ1n) is 7.78. The Labute approximate surface area is 135 Å². The number of carboxylic acids is 1. The highest BCUT2D eigenvalue weighted by atomic mass is 16.5. The number of carbonyl (C=O) groups is 2. The Morgan fingerprint density at radius 3 is 2.61 bits per heavy atom. The van der Waals surface area contributed by atoms with E-state index in [-0.39, 0.29) is 18.4 Å². The van der Waals surface area contributed by atoms with Crippen molar-refractivity contribution in [3.05, 3.63) is 23.3 Å². The van der Waals surface area contributed by atoms with Gasteiger partial charge in [-0.1, -0.05) is 13.8 Å². The second kappa shape index (κ2) is 7.04. The van der Waals surface area contributed by atoms with Crippen LogP contribution in [0.15, 0.2) is 6.20 Å². The fourth-order valence-corrected chi connectivity index (χ4v) is 2.68. The van der Waals surface area contributed by atoms with Crippen LogP contribution in [0, 0.1) is 12.3 Å². The van der Waals surface area contributed by atoms with Crippen LogP contribution in [0.3, 0.4) is 0 Å². The number of hydrogen-bond acceptors (Lipinski definition) is 5. The van der Waals surface area contributed by atoms with Gasteiger partial charge in [-0.25, -0.2) is 9.97 Å². The topological polar surface area (TPSA) is 101 Å². The minimum Gasteiger partial charge on any atom is -0.481 e. The summed E-state index contributed by atoms with van der Waals surface area (Å²) in [6.45, 7) is 6.55. The van der Waals surface area contributed by atoms with Gasteiger partial charge in [0, 0.05) is 26.0 Å². The van der Waals surface area contributed by atoms with Gasteiger partial charge in [-0.15, -0.1) is 0 Å². The number of aryl methyl sites for hydroxylation is 1. The van der Waals surface area contributed by atoms with E-state index in [4.69, 9.17) is 4.74 Å². The third kappa shape index (κ3) is 3.85. The maximum atomic E-state index is 12.5. The first-order chi connectivity index (χ1) is 10.9. The van der Waals surface area contributed by atoms with Crippen molar-refractivity contribution >= 4 is 11.9 Å². The molecule has 7 nitrogen and oxygen atoms in total. The zero-order valence-electron chi connectivity index (χ0n) is 13.8. The Bertz CT molecular complexity index is 595. The highest BCUT2D eigenvalue weighted by Crippen LogP contribution is 2.30. The maximum Gasteiger partial charge on any atom is 0.311 e. The van der Waals surface area contributed by atoms with E-state index >= 15 is 0 Å². The predicted molar refractivity (Wildman–Crippen MR) is 83.3 cm³/mol. The van der Waals surface area contributed by atoms with Gasteiger partial charge in [0.15, 0.2) is 0 Å². The fraction of sp³-hybridized carbons (Fsp3) is 0.625. The molecule has 0 bridgehead atoms. The first-order valence-corrected chi connectivity index (χ1v) is 7.78. The lowest BCUT2D eigenvalue weighted by Crippen LogP contribution is -2.46. The molecule has 1 aromatic rings. The Morgan fingerprint density at radius 1 is 1.39 bits per heavy atom. The van der Waals surface area contributed by atoms with Gasteiger partial charge in [0.2, 0.25) is 0 Å². The van der Waals surface area contributed by atoms with Crippen molar-refractivity contribution in [3.63, 3.8) is 0 Å². The number of carbonyl (C=O) groups excluding carboxylic acids is 1. The van der Waals surface area contributed by atoms with Crippen LogP contribution in [-0.4, -0.2) is 46.7 Å². The molecule has 0 aromatic carbocycles. The molecule has 2 rings (SSSR count). The quantitative estimate of drug-likeness (QED) is 0.852. The zero-order valence-corrected chi connectivity index (χ0v) is 13.8. The summed E-state index contributed by atoms with van der Waals surface area (Å²) in [7, 11) is 0. The SMILES string of the molecule is Cc1ncc(C(=O)NCC2(C(=O)O)CCOCC2)c(C(C)C)n1. The maximum absolute atomic E-state index is 12.5. The largest absolute Gasteiger partial charge is 0.481 e. The third-order valence-electron chi connectivity index (χ3n) is 4.22. The molecule has 7 heteroatoms. The minimum absolute atomic E-state index is 0.0777. The van der Waals surface area contributed by atoms with Crippen molar-refractivity contribution in [2.45, 2.75) is 39.5 Å². The average Bonchev–Trinajstić information content (AvgIpc) is 2.53. The van der Waals surface area contributed by atoms with Crippen LogP contribution < -0.4 is 5.32 Å². The molecule has 2 N–H and O–H groups in total. The summed E-state index contributed by atoms with van der Waals surface area (Å²) in [5, 5.41) is 12.3. The molecule has 1 aliphatic rings. The summed E-state index contributed by atoms with van der Waals surface area (Å²) in [6.07, 6.45) is 2.29. The van der Waals surface area contributed by atoms with Crippen molar-refractivity contribution in [1.29, 1.82) is 0 Å². The summed E-state index contributed by atoms with van der Waals surface area (Å²) in [6, 6.07) is 0. The summed E-state index contributed by atoms with van der Waals surface area (Å²) in [5.41, 5.74) is 0.113. The third-order valence-corrected chi connectivity index (χ3v) is 4.22. The Balaban J connectivity index is 2.14. The highest BCUT2D eigenvalue weighted by Gasteiger charge is 2.40. The number of nitrogens with one attached hydrogen (secondary N) is 1. The summed E-state index contributed by atoms with van der Waals surface area (Å²) in [5.74, 6) is -0.545. The molecule has 0 aliphatic carbocycles. The molecule has 0 radical (unpaired) electrons. The number of carboxylic acid groups (broad SMARTS) is 1.